The fraction of sp³-hybridized carbons (Fsp3) is 0.529. The van der Waals surface area contributed by atoms with Crippen molar-refractivity contribution in [1.82, 2.24) is 0 Å². The molecular formula is C68H96. The zero-order valence-corrected chi connectivity index (χ0v) is 48.1. The van der Waals surface area contributed by atoms with E-state index in [1.54, 1.807) is 22.3 Å². The van der Waals surface area contributed by atoms with Crippen LogP contribution >= 0.6 is 0 Å². The Balaban J connectivity index is 0.000000169. The van der Waals surface area contributed by atoms with Crippen LogP contribution in [0.4, 0.5) is 0 Å². The Bertz CT molecular complexity index is 2400. The lowest BCUT2D eigenvalue weighted by molar-refractivity contribution is 0.498. The Morgan fingerprint density at radius 3 is 0.691 bits per heavy atom. The molecule has 68 heavy (non-hydrogen) atoms. The molecule has 4 aromatic carbocycles. The maximum Gasteiger partial charge on any atom is -0.00525 e. The second-order valence-corrected chi connectivity index (χ2v) is 29.0. The molecule has 4 aromatic rings. The van der Waals surface area contributed by atoms with Gasteiger partial charge in [0.05, 0.1) is 0 Å². The first kappa shape index (κ1) is 54.8. The summed E-state index contributed by atoms with van der Waals surface area (Å²) in [5.41, 5.74) is 25.8. The molecule has 0 nitrogen and oxygen atoms in total. The van der Waals surface area contributed by atoms with Gasteiger partial charge in [0.2, 0.25) is 0 Å². The summed E-state index contributed by atoms with van der Waals surface area (Å²) in [6.45, 7) is 54.9. The van der Waals surface area contributed by atoms with Crippen LogP contribution in [0.15, 0.2) is 95.1 Å². The van der Waals surface area contributed by atoms with Gasteiger partial charge in [0.25, 0.3) is 0 Å². The SMILES string of the molecule is CC(C)(C)C1=Cc2cc(C(C)(C)C)ccc2C1.CC(C)(C)C1=Cc2cc(C(C)(C)C)ccc2C1.CC(C)(C)C1=Cc2ccc(C(C)(C)C)cc2C1.CC(C)(C)C1=Cc2ccc(C(C)(C)C)cc2C1. The molecular weight excluding hydrogens is 817 g/mol. The fourth-order valence-corrected chi connectivity index (χ4v) is 9.15. The van der Waals surface area contributed by atoms with Crippen molar-refractivity contribution in [3.8, 4) is 0 Å². The van der Waals surface area contributed by atoms with Gasteiger partial charge in [-0.15, -0.1) is 0 Å². The molecule has 0 N–H and O–H groups in total. The molecule has 0 aliphatic heterocycles. The van der Waals surface area contributed by atoms with E-state index >= 15 is 0 Å². The van der Waals surface area contributed by atoms with Crippen LogP contribution in [0.25, 0.3) is 24.3 Å². The van der Waals surface area contributed by atoms with Crippen molar-refractivity contribution < 1.29 is 0 Å². The second-order valence-electron chi connectivity index (χ2n) is 29.0. The van der Waals surface area contributed by atoms with Crippen molar-refractivity contribution in [2.75, 3.05) is 0 Å². The number of benzene rings is 4. The number of allylic oxidation sites excluding steroid dienone is 4. The third-order valence-electron chi connectivity index (χ3n) is 14.7. The van der Waals surface area contributed by atoms with Crippen LogP contribution in [-0.4, -0.2) is 0 Å². The van der Waals surface area contributed by atoms with Crippen LogP contribution in [0, 0.1) is 21.7 Å². The minimum absolute atomic E-state index is 0.243. The highest BCUT2D eigenvalue weighted by Gasteiger charge is 2.28. The topological polar surface area (TPSA) is 0 Å². The molecule has 0 atom stereocenters. The predicted molar refractivity (Wildman–Crippen MR) is 305 cm³/mol. The third kappa shape index (κ3) is 14.0. The number of hydrogen-bond acceptors (Lipinski definition) is 0. The first-order chi connectivity index (χ1) is 30.7. The van der Waals surface area contributed by atoms with Crippen molar-refractivity contribution >= 4 is 24.3 Å². The van der Waals surface area contributed by atoms with Gasteiger partial charge >= 0.3 is 0 Å². The molecule has 0 saturated heterocycles. The second kappa shape index (κ2) is 19.2. The normalized spacial score (nSPS) is 15.8. The number of hydrogen-bond donors (Lipinski definition) is 0. The van der Waals surface area contributed by atoms with Crippen LogP contribution in [0.1, 0.15) is 233 Å². The van der Waals surface area contributed by atoms with Crippen LogP contribution in [0.3, 0.4) is 0 Å². The van der Waals surface area contributed by atoms with Gasteiger partial charge in [-0.3, -0.25) is 0 Å². The van der Waals surface area contributed by atoms with Crippen LogP contribution in [0.5, 0.6) is 0 Å². The summed E-state index contributed by atoms with van der Waals surface area (Å²) >= 11 is 0. The Kier molecular flexibility index (Phi) is 15.5. The molecule has 0 amide bonds. The van der Waals surface area contributed by atoms with E-state index in [4.69, 9.17) is 0 Å². The quantitative estimate of drug-likeness (QED) is 0.165. The Morgan fingerprint density at radius 1 is 0.221 bits per heavy atom. The van der Waals surface area contributed by atoms with Gasteiger partial charge in [-0.1, -0.05) is 286 Å². The third-order valence-corrected chi connectivity index (χ3v) is 14.7. The van der Waals surface area contributed by atoms with Crippen molar-refractivity contribution in [3.63, 3.8) is 0 Å². The van der Waals surface area contributed by atoms with Gasteiger partial charge < -0.3 is 0 Å². The number of rotatable bonds is 0. The van der Waals surface area contributed by atoms with Crippen molar-refractivity contribution in [3.05, 3.63) is 162 Å². The van der Waals surface area contributed by atoms with Crippen molar-refractivity contribution in [2.45, 2.75) is 214 Å². The maximum atomic E-state index is 2.39. The van der Waals surface area contributed by atoms with Gasteiger partial charge in [0, 0.05) is 0 Å². The Labute approximate surface area is 419 Å². The van der Waals surface area contributed by atoms with E-state index in [1.165, 1.54) is 66.8 Å². The monoisotopic (exact) mass is 913 g/mol. The zero-order valence-electron chi connectivity index (χ0n) is 48.1. The Morgan fingerprint density at radius 2 is 0.441 bits per heavy atom. The van der Waals surface area contributed by atoms with Gasteiger partial charge in [-0.2, -0.15) is 0 Å². The summed E-state index contributed by atoms with van der Waals surface area (Å²) in [5.74, 6) is 0. The standard InChI is InChI=1S/4C17H24/c4*1-16(2,3)14-8-7-12-9-15(17(4,5)6)11-13(12)10-14/h2*7-8,10-11H,9H2,1-6H3;2*7-10H,11H2,1-6H3. The van der Waals surface area contributed by atoms with E-state index in [-0.39, 0.29) is 21.7 Å². The Hall–Kier alpha value is -4.16. The molecule has 0 heterocycles. The van der Waals surface area contributed by atoms with Crippen LogP contribution < -0.4 is 0 Å². The molecule has 4 aliphatic carbocycles. The van der Waals surface area contributed by atoms with Crippen molar-refractivity contribution in [1.29, 1.82) is 0 Å². The van der Waals surface area contributed by atoms with E-state index in [0.717, 1.165) is 25.7 Å². The summed E-state index contributed by atoms with van der Waals surface area (Å²) in [6, 6.07) is 27.9. The lowest BCUT2D eigenvalue weighted by Crippen LogP contribution is -2.12. The highest BCUT2D eigenvalue weighted by atomic mass is 14.3. The van der Waals surface area contributed by atoms with Gasteiger partial charge in [-0.05, 0) is 136 Å². The fourth-order valence-electron chi connectivity index (χ4n) is 9.15. The van der Waals surface area contributed by atoms with E-state index in [9.17, 15) is 0 Å². The van der Waals surface area contributed by atoms with Crippen LogP contribution in [0.2, 0.25) is 0 Å². The van der Waals surface area contributed by atoms with E-state index in [1.807, 2.05) is 0 Å². The zero-order chi connectivity index (χ0) is 51.4. The highest BCUT2D eigenvalue weighted by molar-refractivity contribution is 5.68. The largest absolute Gasteiger partial charge is 0.0598 e. The molecule has 368 valence electrons. The molecule has 0 radical (unpaired) electrons. The first-order valence-corrected chi connectivity index (χ1v) is 26.1. The average molecular weight is 914 g/mol. The minimum atomic E-state index is 0.243. The average Bonchev–Trinajstić information content (AvgIpc) is 3.99. The minimum Gasteiger partial charge on any atom is -0.0598 e. The molecule has 0 fully saturated rings. The summed E-state index contributed by atoms with van der Waals surface area (Å²) in [5, 5.41) is 0. The summed E-state index contributed by atoms with van der Waals surface area (Å²) in [7, 11) is 0. The van der Waals surface area contributed by atoms with Crippen LogP contribution in [-0.2, 0) is 47.3 Å². The molecule has 0 aromatic heterocycles. The highest BCUT2D eigenvalue weighted by Crippen LogP contribution is 2.42. The summed E-state index contributed by atoms with van der Waals surface area (Å²) < 4.78 is 0. The molecule has 8 rings (SSSR count). The number of fused-ring (bicyclic) bond motifs is 4. The van der Waals surface area contributed by atoms with Crippen molar-refractivity contribution in [2.24, 2.45) is 21.7 Å². The summed E-state index contributed by atoms with van der Waals surface area (Å²) in [4.78, 5) is 0. The van der Waals surface area contributed by atoms with E-state index < -0.39 is 0 Å². The van der Waals surface area contributed by atoms with Gasteiger partial charge in [0.15, 0.2) is 0 Å². The smallest absolute Gasteiger partial charge is 0.00525 e. The maximum absolute atomic E-state index is 2.39. The lowest BCUT2D eigenvalue weighted by atomic mass is 9.84. The molecule has 0 unspecified atom stereocenters. The molecule has 0 bridgehead atoms. The van der Waals surface area contributed by atoms with Gasteiger partial charge in [0.1, 0.15) is 0 Å². The molecule has 0 saturated carbocycles. The van der Waals surface area contributed by atoms with E-state index in [2.05, 4.69) is 263 Å². The molecule has 0 heteroatoms. The van der Waals surface area contributed by atoms with Gasteiger partial charge in [-0.25, -0.2) is 0 Å². The van der Waals surface area contributed by atoms with E-state index in [0.29, 0.717) is 21.7 Å². The lowest BCUT2D eigenvalue weighted by Gasteiger charge is -2.21. The molecule has 4 aliphatic rings. The molecule has 0 spiro atoms. The predicted octanol–water partition coefficient (Wildman–Crippen LogP) is 19.9. The first-order valence-electron chi connectivity index (χ1n) is 26.1. The summed E-state index contributed by atoms with van der Waals surface area (Å²) in [6.07, 6.45) is 14.1.